The summed E-state index contributed by atoms with van der Waals surface area (Å²) in [6.07, 6.45) is 3.61. The lowest BCUT2D eigenvalue weighted by molar-refractivity contribution is 0.191. The second-order valence-corrected chi connectivity index (χ2v) is 5.16. The Morgan fingerprint density at radius 1 is 1.11 bits per heavy atom. The number of benzene rings is 1. The summed E-state index contributed by atoms with van der Waals surface area (Å²) in [4.78, 5) is 0. The molecule has 1 aromatic carbocycles. The topological polar surface area (TPSA) is 21.3 Å². The van der Waals surface area contributed by atoms with E-state index in [4.69, 9.17) is 4.74 Å². The monoisotopic (exact) mass is 249 g/mol. The summed E-state index contributed by atoms with van der Waals surface area (Å²) in [5, 5.41) is 3.55. The van der Waals surface area contributed by atoms with Crippen molar-refractivity contribution in [2.75, 3.05) is 20.3 Å². The van der Waals surface area contributed by atoms with E-state index in [0.717, 1.165) is 19.6 Å². The SMILES string of the molecule is COCCCCC(CNC(C)C)c1ccccc1. The Morgan fingerprint density at radius 3 is 2.44 bits per heavy atom. The zero-order valence-corrected chi connectivity index (χ0v) is 12.0. The van der Waals surface area contributed by atoms with Crippen LogP contribution in [0.1, 0.15) is 44.6 Å². The zero-order valence-electron chi connectivity index (χ0n) is 12.0. The van der Waals surface area contributed by atoms with Crippen molar-refractivity contribution in [3.8, 4) is 0 Å². The van der Waals surface area contributed by atoms with E-state index < -0.39 is 0 Å². The minimum Gasteiger partial charge on any atom is -0.385 e. The molecule has 102 valence electrons. The van der Waals surface area contributed by atoms with Crippen LogP contribution in [0.5, 0.6) is 0 Å². The van der Waals surface area contributed by atoms with E-state index in [1.165, 1.54) is 18.4 Å². The Kier molecular flexibility index (Phi) is 7.70. The van der Waals surface area contributed by atoms with Crippen LogP contribution in [0.15, 0.2) is 30.3 Å². The van der Waals surface area contributed by atoms with Gasteiger partial charge in [0.05, 0.1) is 0 Å². The minimum atomic E-state index is 0.551. The predicted molar refractivity (Wildman–Crippen MR) is 78.0 cm³/mol. The van der Waals surface area contributed by atoms with Crippen molar-refractivity contribution in [3.05, 3.63) is 35.9 Å². The fourth-order valence-electron chi connectivity index (χ4n) is 2.13. The maximum Gasteiger partial charge on any atom is 0.0462 e. The molecule has 0 saturated heterocycles. The van der Waals surface area contributed by atoms with Gasteiger partial charge < -0.3 is 10.1 Å². The molecule has 0 saturated carbocycles. The Bertz CT molecular complexity index is 297. The molecule has 0 radical (unpaired) electrons. The van der Waals surface area contributed by atoms with Crippen LogP contribution in [0, 0.1) is 0 Å². The third-order valence-electron chi connectivity index (χ3n) is 3.19. The average Bonchev–Trinajstić information content (AvgIpc) is 2.38. The smallest absolute Gasteiger partial charge is 0.0462 e. The predicted octanol–water partition coefficient (Wildman–Crippen LogP) is 3.58. The third-order valence-corrected chi connectivity index (χ3v) is 3.19. The van der Waals surface area contributed by atoms with Gasteiger partial charge in [-0.25, -0.2) is 0 Å². The van der Waals surface area contributed by atoms with Gasteiger partial charge in [-0.3, -0.25) is 0 Å². The first kappa shape index (κ1) is 15.2. The molecule has 2 heteroatoms. The first-order valence-corrected chi connectivity index (χ1v) is 7.01. The highest BCUT2D eigenvalue weighted by molar-refractivity contribution is 5.19. The van der Waals surface area contributed by atoms with Crippen molar-refractivity contribution in [2.45, 2.75) is 45.1 Å². The molecule has 1 aromatic rings. The van der Waals surface area contributed by atoms with E-state index in [1.54, 1.807) is 7.11 Å². The largest absolute Gasteiger partial charge is 0.385 e. The van der Waals surface area contributed by atoms with Gasteiger partial charge in [0, 0.05) is 26.3 Å². The van der Waals surface area contributed by atoms with Gasteiger partial charge in [-0.1, -0.05) is 50.6 Å². The van der Waals surface area contributed by atoms with Crippen molar-refractivity contribution in [2.24, 2.45) is 0 Å². The summed E-state index contributed by atoms with van der Waals surface area (Å²) < 4.78 is 5.11. The molecule has 0 fully saturated rings. The van der Waals surface area contributed by atoms with Gasteiger partial charge in [0.15, 0.2) is 0 Å². The van der Waals surface area contributed by atoms with Gasteiger partial charge in [-0.05, 0) is 24.3 Å². The number of unbranched alkanes of at least 4 members (excludes halogenated alkanes) is 1. The van der Waals surface area contributed by atoms with Crippen molar-refractivity contribution in [1.82, 2.24) is 5.32 Å². The molecule has 2 nitrogen and oxygen atoms in total. The second kappa shape index (κ2) is 9.12. The highest BCUT2D eigenvalue weighted by Gasteiger charge is 2.11. The molecule has 0 aromatic heterocycles. The van der Waals surface area contributed by atoms with Gasteiger partial charge in [0.1, 0.15) is 0 Å². The Balaban J connectivity index is 2.47. The summed E-state index contributed by atoms with van der Waals surface area (Å²) in [5.74, 6) is 0.616. The molecule has 0 spiro atoms. The van der Waals surface area contributed by atoms with Crippen LogP contribution in [-0.4, -0.2) is 26.3 Å². The normalized spacial score (nSPS) is 12.9. The van der Waals surface area contributed by atoms with E-state index >= 15 is 0 Å². The average molecular weight is 249 g/mol. The van der Waals surface area contributed by atoms with Gasteiger partial charge in [-0.15, -0.1) is 0 Å². The molecule has 1 unspecified atom stereocenters. The molecular formula is C16H27NO. The lowest BCUT2D eigenvalue weighted by Crippen LogP contribution is -2.28. The van der Waals surface area contributed by atoms with Crippen molar-refractivity contribution in [1.29, 1.82) is 0 Å². The molecule has 0 aliphatic carbocycles. The number of hydrogen-bond acceptors (Lipinski definition) is 2. The highest BCUT2D eigenvalue weighted by atomic mass is 16.5. The summed E-state index contributed by atoms with van der Waals surface area (Å²) in [6, 6.07) is 11.4. The number of nitrogens with one attached hydrogen (secondary N) is 1. The molecule has 0 bridgehead atoms. The Morgan fingerprint density at radius 2 is 1.83 bits per heavy atom. The van der Waals surface area contributed by atoms with Crippen LogP contribution in [0.25, 0.3) is 0 Å². The molecule has 0 heterocycles. The summed E-state index contributed by atoms with van der Waals surface area (Å²) >= 11 is 0. The molecule has 0 aliphatic rings. The number of rotatable bonds is 9. The van der Waals surface area contributed by atoms with E-state index in [1.807, 2.05) is 0 Å². The standard InChI is InChI=1S/C16H27NO/c1-14(2)17-13-16(11-7-8-12-18-3)15-9-5-4-6-10-15/h4-6,9-10,14,16-17H,7-8,11-13H2,1-3H3. The number of methoxy groups -OCH3 is 1. The Hall–Kier alpha value is -0.860. The third kappa shape index (κ3) is 6.18. The van der Waals surface area contributed by atoms with Crippen LogP contribution in [0.3, 0.4) is 0 Å². The Labute approximate surface area is 112 Å². The van der Waals surface area contributed by atoms with E-state index in [0.29, 0.717) is 12.0 Å². The van der Waals surface area contributed by atoms with Crippen LogP contribution < -0.4 is 5.32 Å². The molecular weight excluding hydrogens is 222 g/mol. The fourth-order valence-corrected chi connectivity index (χ4v) is 2.13. The molecule has 1 rings (SSSR count). The molecule has 0 aliphatic heterocycles. The lowest BCUT2D eigenvalue weighted by atomic mass is 9.93. The van der Waals surface area contributed by atoms with Crippen molar-refractivity contribution < 1.29 is 4.74 Å². The maximum atomic E-state index is 5.11. The second-order valence-electron chi connectivity index (χ2n) is 5.16. The first-order chi connectivity index (χ1) is 8.74. The molecule has 0 amide bonds. The van der Waals surface area contributed by atoms with Crippen LogP contribution in [0.4, 0.5) is 0 Å². The van der Waals surface area contributed by atoms with E-state index in [2.05, 4.69) is 49.5 Å². The maximum absolute atomic E-state index is 5.11. The van der Waals surface area contributed by atoms with Gasteiger partial charge in [0.2, 0.25) is 0 Å². The highest BCUT2D eigenvalue weighted by Crippen LogP contribution is 2.21. The van der Waals surface area contributed by atoms with Crippen molar-refractivity contribution >= 4 is 0 Å². The zero-order chi connectivity index (χ0) is 13.2. The quantitative estimate of drug-likeness (QED) is 0.675. The summed E-state index contributed by atoms with van der Waals surface area (Å²) in [7, 11) is 1.77. The van der Waals surface area contributed by atoms with Crippen LogP contribution >= 0.6 is 0 Å². The first-order valence-electron chi connectivity index (χ1n) is 7.01. The van der Waals surface area contributed by atoms with Crippen LogP contribution in [0.2, 0.25) is 0 Å². The number of ether oxygens (including phenoxy) is 1. The summed E-state index contributed by atoms with van der Waals surface area (Å²) in [6.45, 7) is 6.34. The van der Waals surface area contributed by atoms with Gasteiger partial charge in [-0.2, -0.15) is 0 Å². The van der Waals surface area contributed by atoms with Crippen LogP contribution in [-0.2, 0) is 4.74 Å². The van der Waals surface area contributed by atoms with E-state index in [-0.39, 0.29) is 0 Å². The fraction of sp³-hybridized carbons (Fsp3) is 0.625. The number of hydrogen-bond donors (Lipinski definition) is 1. The van der Waals surface area contributed by atoms with E-state index in [9.17, 15) is 0 Å². The summed E-state index contributed by atoms with van der Waals surface area (Å²) in [5.41, 5.74) is 1.45. The van der Waals surface area contributed by atoms with Gasteiger partial charge in [0.25, 0.3) is 0 Å². The van der Waals surface area contributed by atoms with Gasteiger partial charge >= 0.3 is 0 Å². The molecule has 18 heavy (non-hydrogen) atoms. The minimum absolute atomic E-state index is 0.551. The molecule has 1 N–H and O–H groups in total. The molecule has 1 atom stereocenters. The van der Waals surface area contributed by atoms with Crippen molar-refractivity contribution in [3.63, 3.8) is 0 Å². The lowest BCUT2D eigenvalue weighted by Gasteiger charge is -2.19.